The summed E-state index contributed by atoms with van der Waals surface area (Å²) < 4.78 is 5.13. The molecule has 0 saturated carbocycles. The second kappa shape index (κ2) is 8.73. The summed E-state index contributed by atoms with van der Waals surface area (Å²) in [6, 6.07) is 9.57. The van der Waals surface area contributed by atoms with E-state index in [2.05, 4.69) is 20.6 Å². The third-order valence-corrected chi connectivity index (χ3v) is 3.30. The molecule has 122 valence electrons. The quantitative estimate of drug-likeness (QED) is 0.782. The Morgan fingerprint density at radius 2 is 2.00 bits per heavy atom. The predicted octanol–water partition coefficient (Wildman–Crippen LogP) is 3.23. The molecule has 2 rings (SSSR count). The smallest absolute Gasteiger partial charge is 0.231 e. The van der Waals surface area contributed by atoms with Crippen LogP contribution in [0.3, 0.4) is 0 Å². The van der Waals surface area contributed by atoms with E-state index in [1.807, 2.05) is 31.2 Å². The van der Waals surface area contributed by atoms with Crippen molar-refractivity contribution in [2.45, 2.75) is 32.7 Å². The lowest BCUT2D eigenvalue weighted by Crippen LogP contribution is -2.14. The zero-order valence-corrected chi connectivity index (χ0v) is 13.5. The Labute approximate surface area is 136 Å². The minimum atomic E-state index is -0.0563. The molecule has 0 spiro atoms. The molecule has 6 heteroatoms. The third kappa shape index (κ3) is 5.58. The fourth-order valence-corrected chi connectivity index (χ4v) is 1.98. The number of unbranched alkanes of at least 4 members (excludes halogenated alkanes) is 1. The van der Waals surface area contributed by atoms with Crippen molar-refractivity contribution in [2.24, 2.45) is 0 Å². The first-order valence-electron chi connectivity index (χ1n) is 7.71. The number of carbonyl (C=O) groups is 1. The number of methoxy groups -OCH3 is 1. The number of nitrogens with zero attached hydrogens (tertiary/aromatic N) is 2. The minimum absolute atomic E-state index is 0.0563. The zero-order valence-electron chi connectivity index (χ0n) is 13.5. The number of benzene rings is 1. The van der Waals surface area contributed by atoms with E-state index in [0.717, 1.165) is 24.2 Å². The van der Waals surface area contributed by atoms with Crippen molar-refractivity contribution in [1.29, 1.82) is 0 Å². The number of hydrogen-bond donors (Lipinski definition) is 2. The lowest BCUT2D eigenvalue weighted by atomic mass is 10.2. The Morgan fingerprint density at radius 1 is 1.22 bits per heavy atom. The van der Waals surface area contributed by atoms with Crippen LogP contribution in [-0.4, -0.2) is 23.0 Å². The first kappa shape index (κ1) is 16.7. The van der Waals surface area contributed by atoms with Gasteiger partial charge in [0.2, 0.25) is 11.9 Å². The van der Waals surface area contributed by atoms with Gasteiger partial charge in [-0.3, -0.25) is 10.1 Å². The molecule has 1 heterocycles. The zero-order chi connectivity index (χ0) is 16.5. The number of carbonyl (C=O) groups excluding carboxylic acids is 1. The third-order valence-electron chi connectivity index (χ3n) is 3.30. The maximum Gasteiger partial charge on any atom is 0.231 e. The molecule has 6 nitrogen and oxygen atoms in total. The number of anilines is 2. The summed E-state index contributed by atoms with van der Waals surface area (Å²) in [7, 11) is 1.64. The summed E-state index contributed by atoms with van der Waals surface area (Å²) in [6.07, 6.45) is 3.96. The van der Waals surface area contributed by atoms with Gasteiger partial charge in [0.05, 0.1) is 7.11 Å². The second-order valence-electron chi connectivity index (χ2n) is 5.12. The topological polar surface area (TPSA) is 76.1 Å². The van der Waals surface area contributed by atoms with Gasteiger partial charge in [-0.05, 0) is 30.2 Å². The molecule has 0 aliphatic carbocycles. The van der Waals surface area contributed by atoms with E-state index < -0.39 is 0 Å². The van der Waals surface area contributed by atoms with E-state index in [1.165, 1.54) is 0 Å². The van der Waals surface area contributed by atoms with Gasteiger partial charge in [-0.2, -0.15) is 4.98 Å². The Bertz CT molecular complexity index is 629. The van der Waals surface area contributed by atoms with E-state index in [0.29, 0.717) is 24.7 Å². The fraction of sp³-hybridized carbons (Fsp3) is 0.353. The Kier molecular flexibility index (Phi) is 6.35. The highest BCUT2D eigenvalue weighted by Gasteiger charge is 2.05. The molecule has 0 fully saturated rings. The molecular weight excluding hydrogens is 292 g/mol. The van der Waals surface area contributed by atoms with Crippen LogP contribution in [0.5, 0.6) is 5.75 Å². The molecule has 0 unspecified atom stereocenters. The van der Waals surface area contributed by atoms with Crippen LogP contribution in [0.25, 0.3) is 0 Å². The summed E-state index contributed by atoms with van der Waals surface area (Å²) >= 11 is 0. The maximum absolute atomic E-state index is 11.7. The van der Waals surface area contributed by atoms with Crippen molar-refractivity contribution in [1.82, 2.24) is 9.97 Å². The van der Waals surface area contributed by atoms with Crippen LogP contribution in [0.2, 0.25) is 0 Å². The Hall–Kier alpha value is -2.63. The van der Waals surface area contributed by atoms with Crippen LogP contribution >= 0.6 is 0 Å². The van der Waals surface area contributed by atoms with E-state index in [1.54, 1.807) is 19.4 Å². The fourth-order valence-electron chi connectivity index (χ4n) is 1.98. The summed E-state index contributed by atoms with van der Waals surface area (Å²) in [5, 5.41) is 5.92. The van der Waals surface area contributed by atoms with Gasteiger partial charge in [0, 0.05) is 19.2 Å². The molecule has 2 aromatic rings. The number of ether oxygens (including phenoxy) is 1. The molecule has 0 saturated heterocycles. The van der Waals surface area contributed by atoms with Crippen molar-refractivity contribution >= 4 is 17.7 Å². The molecule has 2 N–H and O–H groups in total. The molecule has 0 radical (unpaired) electrons. The Balaban J connectivity index is 1.90. The highest BCUT2D eigenvalue weighted by Crippen LogP contribution is 2.13. The number of hydrogen-bond acceptors (Lipinski definition) is 5. The average molecular weight is 314 g/mol. The monoisotopic (exact) mass is 314 g/mol. The first-order valence-corrected chi connectivity index (χ1v) is 7.71. The average Bonchev–Trinajstić information content (AvgIpc) is 2.59. The summed E-state index contributed by atoms with van der Waals surface area (Å²) in [4.78, 5) is 20.1. The van der Waals surface area contributed by atoms with Crippen LogP contribution < -0.4 is 15.4 Å². The van der Waals surface area contributed by atoms with Crippen LogP contribution in [-0.2, 0) is 11.3 Å². The number of rotatable bonds is 8. The second-order valence-corrected chi connectivity index (χ2v) is 5.12. The first-order chi connectivity index (χ1) is 11.2. The highest BCUT2D eigenvalue weighted by atomic mass is 16.5. The van der Waals surface area contributed by atoms with Gasteiger partial charge >= 0.3 is 0 Å². The summed E-state index contributed by atoms with van der Waals surface area (Å²) in [6.45, 7) is 2.68. The van der Waals surface area contributed by atoms with Crippen LogP contribution in [0.15, 0.2) is 36.5 Å². The van der Waals surface area contributed by atoms with Gasteiger partial charge in [-0.15, -0.1) is 0 Å². The van der Waals surface area contributed by atoms with E-state index in [9.17, 15) is 4.79 Å². The molecule has 0 aliphatic rings. The number of nitrogens with one attached hydrogen (secondary N) is 2. The molecule has 0 atom stereocenters. The standard InChI is InChI=1S/C17H22N4O2/c1-3-4-5-16(22)21-17-18-11-10-15(20-17)19-12-13-6-8-14(23-2)9-7-13/h6-11H,3-5,12H2,1-2H3,(H2,18,19,20,21,22). The van der Waals surface area contributed by atoms with Crippen LogP contribution in [0.4, 0.5) is 11.8 Å². The number of aromatic nitrogens is 2. The minimum Gasteiger partial charge on any atom is -0.497 e. The van der Waals surface area contributed by atoms with Crippen LogP contribution in [0.1, 0.15) is 31.7 Å². The van der Waals surface area contributed by atoms with Gasteiger partial charge in [-0.25, -0.2) is 4.98 Å². The molecule has 1 aromatic carbocycles. The molecule has 0 bridgehead atoms. The van der Waals surface area contributed by atoms with Gasteiger partial charge in [-0.1, -0.05) is 25.5 Å². The normalized spacial score (nSPS) is 10.2. The molecular formula is C17H22N4O2. The van der Waals surface area contributed by atoms with Gasteiger partial charge < -0.3 is 10.1 Å². The molecule has 1 aromatic heterocycles. The van der Waals surface area contributed by atoms with Crippen molar-refractivity contribution < 1.29 is 9.53 Å². The molecule has 0 aliphatic heterocycles. The van der Waals surface area contributed by atoms with Gasteiger partial charge in [0.15, 0.2) is 0 Å². The van der Waals surface area contributed by atoms with Crippen molar-refractivity contribution in [2.75, 3.05) is 17.7 Å². The van der Waals surface area contributed by atoms with Crippen molar-refractivity contribution in [3.05, 3.63) is 42.1 Å². The maximum atomic E-state index is 11.7. The van der Waals surface area contributed by atoms with Gasteiger partial charge in [0.1, 0.15) is 11.6 Å². The SMILES string of the molecule is CCCCC(=O)Nc1nccc(NCc2ccc(OC)cc2)n1. The lowest BCUT2D eigenvalue weighted by Gasteiger charge is -2.08. The predicted molar refractivity (Wildman–Crippen MR) is 90.5 cm³/mol. The Morgan fingerprint density at radius 3 is 2.70 bits per heavy atom. The van der Waals surface area contributed by atoms with E-state index in [4.69, 9.17) is 4.74 Å². The van der Waals surface area contributed by atoms with Crippen LogP contribution in [0, 0.1) is 0 Å². The van der Waals surface area contributed by atoms with Crippen molar-refractivity contribution in [3.63, 3.8) is 0 Å². The van der Waals surface area contributed by atoms with E-state index >= 15 is 0 Å². The summed E-state index contributed by atoms with van der Waals surface area (Å²) in [5.41, 5.74) is 1.11. The highest BCUT2D eigenvalue weighted by molar-refractivity contribution is 5.88. The van der Waals surface area contributed by atoms with Gasteiger partial charge in [0.25, 0.3) is 0 Å². The molecule has 1 amide bonds. The molecule has 23 heavy (non-hydrogen) atoms. The largest absolute Gasteiger partial charge is 0.497 e. The lowest BCUT2D eigenvalue weighted by molar-refractivity contribution is -0.116. The van der Waals surface area contributed by atoms with E-state index in [-0.39, 0.29) is 5.91 Å². The van der Waals surface area contributed by atoms with Crippen molar-refractivity contribution in [3.8, 4) is 5.75 Å². The summed E-state index contributed by atoms with van der Waals surface area (Å²) in [5.74, 6) is 1.76. The number of amides is 1.